The molecule has 21 heavy (non-hydrogen) atoms. The third kappa shape index (κ3) is 1.87. The van der Waals surface area contributed by atoms with E-state index in [1.54, 1.807) is 11.1 Å². The Morgan fingerprint density at radius 3 is 2.52 bits per heavy atom. The van der Waals surface area contributed by atoms with E-state index in [-0.39, 0.29) is 0 Å². The van der Waals surface area contributed by atoms with Crippen molar-refractivity contribution in [2.75, 3.05) is 0 Å². The molecular formula is C20H24N+. The lowest BCUT2D eigenvalue weighted by Gasteiger charge is -2.25. The van der Waals surface area contributed by atoms with Gasteiger partial charge in [0.2, 0.25) is 5.69 Å². The van der Waals surface area contributed by atoms with Gasteiger partial charge >= 0.3 is 0 Å². The summed E-state index contributed by atoms with van der Waals surface area (Å²) in [5.41, 5.74) is 8.05. The van der Waals surface area contributed by atoms with Crippen LogP contribution >= 0.6 is 0 Å². The minimum atomic E-state index is 0.478. The maximum absolute atomic E-state index is 2.37. The molecule has 0 aliphatic heterocycles. The van der Waals surface area contributed by atoms with Crippen LogP contribution in [-0.2, 0) is 18.9 Å². The van der Waals surface area contributed by atoms with Crippen molar-refractivity contribution < 1.29 is 4.57 Å². The highest BCUT2D eigenvalue weighted by Gasteiger charge is 2.45. The molecule has 0 saturated heterocycles. The first kappa shape index (κ1) is 13.1. The number of hydrogen-bond acceptors (Lipinski definition) is 0. The fourth-order valence-corrected chi connectivity index (χ4v) is 4.70. The minimum absolute atomic E-state index is 0.478. The van der Waals surface area contributed by atoms with Gasteiger partial charge in [0.1, 0.15) is 7.05 Å². The van der Waals surface area contributed by atoms with Gasteiger partial charge in [-0.15, -0.1) is 0 Å². The molecule has 2 aliphatic rings. The van der Waals surface area contributed by atoms with Crippen molar-refractivity contribution in [1.29, 1.82) is 0 Å². The summed E-state index contributed by atoms with van der Waals surface area (Å²) in [7, 11) is 2.21. The largest absolute Gasteiger partial charge is 0.216 e. The molecule has 1 fully saturated rings. The number of aryl methyl sites for hydroxylation is 3. The molecule has 1 heteroatoms. The number of aromatic nitrogens is 1. The SMILES string of the molecule is Cc1ccccc1-c1c2c(cc[n+]1C)CCC21CCCC1. The summed E-state index contributed by atoms with van der Waals surface area (Å²) in [6.07, 6.45) is 10.5. The summed E-state index contributed by atoms with van der Waals surface area (Å²) in [5.74, 6) is 0. The normalized spacial score (nSPS) is 19.1. The fraction of sp³-hybridized carbons (Fsp3) is 0.450. The summed E-state index contributed by atoms with van der Waals surface area (Å²) in [6, 6.07) is 11.2. The topological polar surface area (TPSA) is 3.88 Å². The van der Waals surface area contributed by atoms with Crippen molar-refractivity contribution >= 4 is 0 Å². The quantitative estimate of drug-likeness (QED) is 0.687. The molecule has 108 valence electrons. The second-order valence-corrected chi connectivity index (χ2v) is 6.98. The van der Waals surface area contributed by atoms with Crippen LogP contribution in [0.5, 0.6) is 0 Å². The minimum Gasteiger partial charge on any atom is -0.201 e. The van der Waals surface area contributed by atoms with E-state index in [0.29, 0.717) is 5.41 Å². The number of hydrogen-bond donors (Lipinski definition) is 0. The molecule has 0 radical (unpaired) electrons. The van der Waals surface area contributed by atoms with E-state index >= 15 is 0 Å². The number of rotatable bonds is 1. The van der Waals surface area contributed by atoms with E-state index in [4.69, 9.17) is 0 Å². The van der Waals surface area contributed by atoms with Gasteiger partial charge in [-0.05, 0) is 49.8 Å². The second-order valence-electron chi connectivity index (χ2n) is 6.98. The Morgan fingerprint density at radius 2 is 1.76 bits per heavy atom. The molecule has 2 aliphatic carbocycles. The van der Waals surface area contributed by atoms with Crippen LogP contribution < -0.4 is 4.57 Å². The van der Waals surface area contributed by atoms with Gasteiger partial charge in [-0.2, -0.15) is 0 Å². The van der Waals surface area contributed by atoms with Crippen LogP contribution in [0.3, 0.4) is 0 Å². The van der Waals surface area contributed by atoms with E-state index in [9.17, 15) is 0 Å². The predicted molar refractivity (Wildman–Crippen MR) is 86.3 cm³/mol. The lowest BCUT2D eigenvalue weighted by Crippen LogP contribution is -2.35. The molecule has 1 aromatic carbocycles. The van der Waals surface area contributed by atoms with Gasteiger partial charge in [0.15, 0.2) is 6.20 Å². The highest BCUT2D eigenvalue weighted by molar-refractivity contribution is 5.68. The molecule has 0 atom stereocenters. The maximum Gasteiger partial charge on any atom is 0.216 e. The smallest absolute Gasteiger partial charge is 0.201 e. The highest BCUT2D eigenvalue weighted by Crippen LogP contribution is 2.52. The van der Waals surface area contributed by atoms with E-state index in [1.165, 1.54) is 55.3 Å². The van der Waals surface area contributed by atoms with Crippen LogP contribution in [0.1, 0.15) is 48.8 Å². The molecular weight excluding hydrogens is 254 g/mol. The van der Waals surface area contributed by atoms with Crippen molar-refractivity contribution in [2.24, 2.45) is 7.05 Å². The first-order valence-electron chi connectivity index (χ1n) is 8.29. The number of fused-ring (bicyclic) bond motifs is 2. The van der Waals surface area contributed by atoms with Gasteiger partial charge in [-0.1, -0.05) is 31.0 Å². The first-order valence-corrected chi connectivity index (χ1v) is 8.29. The Kier molecular flexibility index (Phi) is 2.92. The van der Waals surface area contributed by atoms with Gasteiger partial charge in [0.25, 0.3) is 0 Å². The fourth-order valence-electron chi connectivity index (χ4n) is 4.70. The summed E-state index contributed by atoms with van der Waals surface area (Å²) in [6.45, 7) is 2.24. The molecule has 0 unspecified atom stereocenters. The Bertz CT molecular complexity index is 693. The molecule has 1 saturated carbocycles. The van der Waals surface area contributed by atoms with Crippen LogP contribution in [0.15, 0.2) is 36.5 Å². The molecule has 0 bridgehead atoms. The van der Waals surface area contributed by atoms with Crippen molar-refractivity contribution in [2.45, 2.75) is 50.9 Å². The van der Waals surface area contributed by atoms with Gasteiger partial charge in [-0.25, -0.2) is 4.57 Å². The van der Waals surface area contributed by atoms with Crippen molar-refractivity contribution in [3.63, 3.8) is 0 Å². The van der Waals surface area contributed by atoms with Crippen LogP contribution in [0.25, 0.3) is 11.3 Å². The monoisotopic (exact) mass is 278 g/mol. The van der Waals surface area contributed by atoms with E-state index in [2.05, 4.69) is 55.1 Å². The lowest BCUT2D eigenvalue weighted by molar-refractivity contribution is -0.660. The average Bonchev–Trinajstić information content (AvgIpc) is 3.10. The lowest BCUT2D eigenvalue weighted by atomic mass is 9.78. The third-order valence-electron chi connectivity index (χ3n) is 5.77. The molecule has 0 N–H and O–H groups in total. The van der Waals surface area contributed by atoms with E-state index in [1.807, 2.05) is 0 Å². The summed E-state index contributed by atoms with van der Waals surface area (Å²) >= 11 is 0. The van der Waals surface area contributed by atoms with Crippen molar-refractivity contribution in [1.82, 2.24) is 0 Å². The van der Waals surface area contributed by atoms with Crippen molar-refractivity contribution in [3.8, 4) is 11.3 Å². The average molecular weight is 278 g/mol. The summed E-state index contributed by atoms with van der Waals surface area (Å²) in [5, 5.41) is 0. The van der Waals surface area contributed by atoms with Crippen LogP contribution in [0.2, 0.25) is 0 Å². The van der Waals surface area contributed by atoms with Crippen LogP contribution in [0.4, 0.5) is 0 Å². The molecule has 1 nitrogen and oxygen atoms in total. The number of benzene rings is 1. The Labute approximate surface area is 127 Å². The molecule has 4 rings (SSSR count). The number of pyridine rings is 1. The maximum atomic E-state index is 2.37. The third-order valence-corrected chi connectivity index (χ3v) is 5.77. The Balaban J connectivity index is 2.01. The zero-order valence-electron chi connectivity index (χ0n) is 13.2. The second kappa shape index (κ2) is 4.69. The number of nitrogens with zero attached hydrogens (tertiary/aromatic N) is 1. The van der Waals surface area contributed by atoms with Gasteiger partial charge in [0, 0.05) is 22.6 Å². The zero-order chi connectivity index (χ0) is 14.4. The van der Waals surface area contributed by atoms with Gasteiger partial charge < -0.3 is 0 Å². The van der Waals surface area contributed by atoms with Crippen LogP contribution in [-0.4, -0.2) is 0 Å². The van der Waals surface area contributed by atoms with Gasteiger partial charge in [-0.3, -0.25) is 0 Å². The van der Waals surface area contributed by atoms with Crippen molar-refractivity contribution in [3.05, 3.63) is 53.2 Å². The molecule has 2 aromatic rings. The molecule has 1 aromatic heterocycles. The van der Waals surface area contributed by atoms with Crippen LogP contribution in [0, 0.1) is 6.92 Å². The standard InChI is InChI=1S/C20H24N/c1-15-7-3-4-8-17(15)19-18-16(10-14-21(19)2)9-13-20(18)11-5-6-12-20/h3-4,7-8,10,14H,5-6,9,11-13H2,1-2H3/q+1. The highest BCUT2D eigenvalue weighted by atomic mass is 14.9. The van der Waals surface area contributed by atoms with Gasteiger partial charge in [0.05, 0.1) is 0 Å². The zero-order valence-corrected chi connectivity index (χ0v) is 13.2. The first-order chi connectivity index (χ1) is 10.2. The summed E-state index contributed by atoms with van der Waals surface area (Å²) < 4.78 is 2.35. The Hall–Kier alpha value is -1.63. The molecule has 0 amide bonds. The molecule has 1 heterocycles. The molecule has 1 spiro atoms. The van der Waals surface area contributed by atoms with E-state index in [0.717, 1.165) is 0 Å². The Morgan fingerprint density at radius 1 is 1.00 bits per heavy atom. The predicted octanol–water partition coefficient (Wildman–Crippen LogP) is 4.24. The summed E-state index contributed by atoms with van der Waals surface area (Å²) in [4.78, 5) is 0. The van der Waals surface area contributed by atoms with E-state index < -0.39 is 0 Å².